The number of aliphatic imine (C=N–C) groups is 2. The van der Waals surface area contributed by atoms with Crippen molar-refractivity contribution in [2.45, 2.75) is 20.0 Å². The molecule has 0 amide bonds. The van der Waals surface area contributed by atoms with Gasteiger partial charge in [-0.05, 0) is 63.3 Å². The molecule has 2 aromatic rings. The van der Waals surface area contributed by atoms with Crippen molar-refractivity contribution in [2.24, 2.45) is 21.0 Å². The number of fused-ring (bicyclic) bond motifs is 1. The number of hydrazone groups is 1. The number of hydrogen-bond donors (Lipinski definition) is 2. The molecule has 0 saturated carbocycles. The molecule has 2 aliphatic heterocycles. The molecule has 2 atom stereocenters. The van der Waals surface area contributed by atoms with Crippen molar-refractivity contribution in [3.8, 4) is 0 Å². The summed E-state index contributed by atoms with van der Waals surface area (Å²) in [5, 5.41) is 13.5. The Morgan fingerprint density at radius 2 is 1.83 bits per heavy atom. The van der Waals surface area contributed by atoms with Crippen LogP contribution in [0.5, 0.6) is 0 Å². The van der Waals surface area contributed by atoms with E-state index in [9.17, 15) is 0 Å². The van der Waals surface area contributed by atoms with Crippen LogP contribution in [0.1, 0.15) is 11.1 Å². The highest BCUT2D eigenvalue weighted by Gasteiger charge is 2.38. The van der Waals surface area contributed by atoms with Gasteiger partial charge in [0.15, 0.2) is 6.17 Å². The highest BCUT2D eigenvalue weighted by molar-refractivity contribution is 6.13. The summed E-state index contributed by atoms with van der Waals surface area (Å²) in [5.74, 6) is 1.45. The minimum absolute atomic E-state index is 0.0359. The van der Waals surface area contributed by atoms with Gasteiger partial charge in [-0.15, -0.1) is 0 Å². The number of nitrogens with one attached hydrogen (secondary N) is 2. The molecule has 2 N–H and O–H groups in total. The standard InChI is InChI=1S/C23H29N7/c1-16-10-11-18(14-17(16)2)26-21-20-15-25-30(19-8-6-5-7-9-19)22(20)28-23(27-21)24-12-13-29(3)4/h5-11,14-15,20,22H,12-13H2,1-4H3,(H2,24,26,27,28). The van der Waals surface area contributed by atoms with Gasteiger partial charge in [-0.3, -0.25) is 0 Å². The molecule has 4 rings (SSSR count). The van der Waals surface area contributed by atoms with Crippen molar-refractivity contribution >= 4 is 29.4 Å². The second kappa shape index (κ2) is 8.67. The zero-order valence-corrected chi connectivity index (χ0v) is 18.0. The van der Waals surface area contributed by atoms with Gasteiger partial charge >= 0.3 is 0 Å². The number of benzene rings is 2. The van der Waals surface area contributed by atoms with Crippen LogP contribution < -0.4 is 15.6 Å². The van der Waals surface area contributed by atoms with Crippen LogP contribution in [0.25, 0.3) is 0 Å². The Kier molecular flexibility index (Phi) is 5.81. The zero-order chi connectivity index (χ0) is 21.1. The fourth-order valence-corrected chi connectivity index (χ4v) is 3.49. The number of guanidine groups is 1. The molecule has 2 unspecified atom stereocenters. The first-order valence-electron chi connectivity index (χ1n) is 10.3. The van der Waals surface area contributed by atoms with Crippen LogP contribution >= 0.6 is 0 Å². The number of rotatable bonds is 5. The third kappa shape index (κ3) is 4.36. The molecule has 30 heavy (non-hydrogen) atoms. The topological polar surface area (TPSA) is 67.6 Å². The normalized spacial score (nSPS) is 20.1. The Balaban J connectivity index is 1.61. The monoisotopic (exact) mass is 403 g/mol. The summed E-state index contributed by atoms with van der Waals surface area (Å²) in [6.07, 6.45) is 1.77. The first-order chi connectivity index (χ1) is 14.5. The number of amidine groups is 1. The van der Waals surface area contributed by atoms with Gasteiger partial charge in [0.25, 0.3) is 0 Å². The van der Waals surface area contributed by atoms with Gasteiger partial charge in [0, 0.05) is 25.0 Å². The summed E-state index contributed by atoms with van der Waals surface area (Å²) in [4.78, 5) is 11.8. The second-order valence-corrected chi connectivity index (χ2v) is 7.99. The van der Waals surface area contributed by atoms with Crippen LogP contribution in [0.2, 0.25) is 0 Å². The van der Waals surface area contributed by atoms with E-state index in [2.05, 4.69) is 78.9 Å². The van der Waals surface area contributed by atoms with E-state index in [0.717, 1.165) is 30.3 Å². The molecule has 2 heterocycles. The number of anilines is 2. The average Bonchev–Trinajstić information content (AvgIpc) is 3.15. The summed E-state index contributed by atoms with van der Waals surface area (Å²) in [7, 11) is 4.11. The molecule has 0 radical (unpaired) electrons. The predicted octanol–water partition coefficient (Wildman–Crippen LogP) is 3.08. The van der Waals surface area contributed by atoms with Gasteiger partial charge < -0.3 is 15.5 Å². The number of para-hydroxylation sites is 1. The molecule has 7 heteroatoms. The van der Waals surface area contributed by atoms with Crippen molar-refractivity contribution in [3.63, 3.8) is 0 Å². The van der Waals surface area contributed by atoms with Crippen LogP contribution in [0.3, 0.4) is 0 Å². The fraction of sp³-hybridized carbons (Fsp3) is 0.348. The SMILES string of the molecule is Cc1ccc(NC2=NC(NCCN(C)C)=NC3C2C=NN3c2ccccc2)cc1C. The predicted molar refractivity (Wildman–Crippen MR) is 126 cm³/mol. The van der Waals surface area contributed by atoms with Crippen LogP contribution in [0, 0.1) is 19.8 Å². The maximum atomic E-state index is 4.88. The van der Waals surface area contributed by atoms with Crippen molar-refractivity contribution in [3.05, 3.63) is 59.7 Å². The maximum absolute atomic E-state index is 4.88. The maximum Gasteiger partial charge on any atom is 0.221 e. The lowest BCUT2D eigenvalue weighted by Gasteiger charge is -2.29. The Morgan fingerprint density at radius 1 is 1.03 bits per heavy atom. The molecule has 2 aliphatic rings. The molecular weight excluding hydrogens is 374 g/mol. The van der Waals surface area contributed by atoms with Crippen LogP contribution in [0.4, 0.5) is 11.4 Å². The first-order valence-corrected chi connectivity index (χ1v) is 10.3. The smallest absolute Gasteiger partial charge is 0.221 e. The Morgan fingerprint density at radius 3 is 2.57 bits per heavy atom. The van der Waals surface area contributed by atoms with Crippen LogP contribution in [-0.4, -0.2) is 56.3 Å². The summed E-state index contributed by atoms with van der Waals surface area (Å²) in [6, 6.07) is 16.5. The Hall–Kier alpha value is -3.19. The lowest BCUT2D eigenvalue weighted by Crippen LogP contribution is -2.44. The average molecular weight is 404 g/mol. The summed E-state index contributed by atoms with van der Waals surface area (Å²) >= 11 is 0. The summed E-state index contributed by atoms with van der Waals surface area (Å²) in [6.45, 7) is 5.92. The van der Waals surface area contributed by atoms with E-state index in [4.69, 9.17) is 9.98 Å². The molecule has 156 valence electrons. The van der Waals surface area contributed by atoms with E-state index in [1.807, 2.05) is 29.4 Å². The van der Waals surface area contributed by atoms with Gasteiger partial charge in [-0.1, -0.05) is 24.3 Å². The van der Waals surface area contributed by atoms with E-state index in [1.165, 1.54) is 11.1 Å². The molecule has 7 nitrogen and oxygen atoms in total. The molecule has 0 bridgehead atoms. The third-order valence-electron chi connectivity index (χ3n) is 5.36. The van der Waals surface area contributed by atoms with E-state index in [-0.39, 0.29) is 12.1 Å². The van der Waals surface area contributed by atoms with Gasteiger partial charge in [-0.2, -0.15) is 10.1 Å². The highest BCUT2D eigenvalue weighted by Crippen LogP contribution is 2.29. The van der Waals surface area contributed by atoms with Gasteiger partial charge in [-0.25, -0.2) is 10.0 Å². The first kappa shape index (κ1) is 20.1. The number of hydrogen-bond acceptors (Lipinski definition) is 7. The summed E-state index contributed by atoms with van der Waals surface area (Å²) < 4.78 is 0. The highest BCUT2D eigenvalue weighted by atomic mass is 15.5. The molecule has 0 spiro atoms. The molecule has 0 saturated heterocycles. The minimum Gasteiger partial charge on any atom is -0.353 e. The van der Waals surface area contributed by atoms with Gasteiger partial charge in [0.2, 0.25) is 5.96 Å². The zero-order valence-electron chi connectivity index (χ0n) is 18.0. The molecule has 2 aromatic carbocycles. The van der Waals surface area contributed by atoms with E-state index >= 15 is 0 Å². The summed E-state index contributed by atoms with van der Waals surface area (Å²) in [5.41, 5.74) is 4.56. The minimum atomic E-state index is -0.166. The molecular formula is C23H29N7. The third-order valence-corrected chi connectivity index (χ3v) is 5.36. The number of aryl methyl sites for hydroxylation is 2. The fourth-order valence-electron chi connectivity index (χ4n) is 3.49. The van der Waals surface area contributed by atoms with E-state index in [0.29, 0.717) is 5.96 Å². The van der Waals surface area contributed by atoms with Gasteiger partial charge in [0.05, 0.1) is 11.6 Å². The van der Waals surface area contributed by atoms with E-state index in [1.54, 1.807) is 0 Å². The van der Waals surface area contributed by atoms with Crippen LogP contribution in [0.15, 0.2) is 63.6 Å². The number of nitrogens with zero attached hydrogens (tertiary/aromatic N) is 5. The quantitative estimate of drug-likeness (QED) is 0.805. The Labute approximate surface area is 178 Å². The number of likely N-dealkylation sites (N-methyl/N-ethyl adjacent to an activating group) is 1. The lowest BCUT2D eigenvalue weighted by molar-refractivity contribution is 0.412. The lowest BCUT2D eigenvalue weighted by atomic mass is 10.0. The second-order valence-electron chi connectivity index (χ2n) is 7.99. The van der Waals surface area contributed by atoms with Crippen molar-refractivity contribution in [1.29, 1.82) is 0 Å². The Bertz CT molecular complexity index is 978. The molecule has 0 aromatic heterocycles. The van der Waals surface area contributed by atoms with Crippen molar-refractivity contribution in [1.82, 2.24) is 10.2 Å². The van der Waals surface area contributed by atoms with Crippen molar-refractivity contribution < 1.29 is 0 Å². The molecule has 0 fully saturated rings. The van der Waals surface area contributed by atoms with Crippen LogP contribution in [-0.2, 0) is 0 Å². The largest absolute Gasteiger partial charge is 0.353 e. The van der Waals surface area contributed by atoms with Gasteiger partial charge in [0.1, 0.15) is 5.84 Å². The van der Waals surface area contributed by atoms with Crippen molar-refractivity contribution in [2.75, 3.05) is 37.5 Å². The molecule has 0 aliphatic carbocycles. The van der Waals surface area contributed by atoms with E-state index < -0.39 is 0 Å².